The average Bonchev–Trinajstić information content (AvgIpc) is 4.00. The van der Waals surface area contributed by atoms with Crippen LogP contribution in [-0.2, 0) is 0 Å². The van der Waals surface area contributed by atoms with Gasteiger partial charge in [-0.05, 0) is 90.0 Å². The Bertz CT molecular complexity index is 3750. The van der Waals surface area contributed by atoms with Crippen molar-refractivity contribution in [2.45, 2.75) is 0 Å². The lowest BCUT2D eigenvalue weighted by atomic mass is 9.97. The quantitative estimate of drug-likeness (QED) is 0.171. The summed E-state index contributed by atoms with van der Waals surface area (Å²) >= 11 is 0. The average molecular weight is 715 g/mol. The van der Waals surface area contributed by atoms with E-state index >= 15 is 0 Å². The van der Waals surface area contributed by atoms with Gasteiger partial charge < -0.3 is 18.0 Å². The molecule has 0 aliphatic carbocycles. The number of nitrogens with zero attached hydrogens (tertiary/aromatic N) is 4. The third-order valence-electron chi connectivity index (χ3n) is 11.4. The fourth-order valence-corrected chi connectivity index (χ4v) is 9.03. The number of aromatic nitrogens is 2. The van der Waals surface area contributed by atoms with Crippen molar-refractivity contribution in [3.63, 3.8) is 0 Å². The van der Waals surface area contributed by atoms with Crippen LogP contribution >= 0.6 is 0 Å². The molecule has 0 amide bonds. The molecular weight excluding hydrogens is 689 g/mol. The Hall–Kier alpha value is -8.06. The standard InChI is InChI=1S/C50H26N4O2/c1-52-39-22-20-31(53-40-14-6-2-11-34(40)47-42(53)24-25-46-49(47)36-13-5-9-17-45(36)55-46)27-38(39)37-26-30(19-18-29(37)28-51)54-41-15-7-3-12-35(41)48-43(54)23-21-33-32-10-4-8-16-44(32)56-50(33)48/h2-27H. The number of fused-ring (bicyclic) bond motifs is 14. The maximum atomic E-state index is 10.5. The van der Waals surface area contributed by atoms with Crippen LogP contribution in [0.2, 0.25) is 0 Å². The predicted molar refractivity (Wildman–Crippen MR) is 226 cm³/mol. The van der Waals surface area contributed by atoms with Gasteiger partial charge in [0.2, 0.25) is 0 Å². The zero-order chi connectivity index (χ0) is 37.1. The van der Waals surface area contributed by atoms with Crippen molar-refractivity contribution in [2.24, 2.45) is 0 Å². The molecule has 4 aromatic heterocycles. The molecule has 56 heavy (non-hydrogen) atoms. The van der Waals surface area contributed by atoms with Gasteiger partial charge in [0, 0.05) is 49.1 Å². The van der Waals surface area contributed by atoms with Crippen LogP contribution in [0.4, 0.5) is 5.69 Å². The van der Waals surface area contributed by atoms with E-state index in [-0.39, 0.29) is 0 Å². The molecule has 0 aliphatic rings. The summed E-state index contributed by atoms with van der Waals surface area (Å²) in [4.78, 5) is 3.98. The van der Waals surface area contributed by atoms with Crippen molar-refractivity contribution >= 4 is 93.2 Å². The maximum Gasteiger partial charge on any atom is 0.195 e. The molecule has 8 aromatic carbocycles. The first-order chi connectivity index (χ1) is 27.7. The van der Waals surface area contributed by atoms with Gasteiger partial charge in [-0.25, -0.2) is 4.85 Å². The summed E-state index contributed by atoms with van der Waals surface area (Å²) in [5, 5.41) is 19.2. The summed E-state index contributed by atoms with van der Waals surface area (Å²) in [6, 6.07) is 55.8. The van der Waals surface area contributed by atoms with Gasteiger partial charge in [0.15, 0.2) is 5.69 Å². The van der Waals surface area contributed by atoms with Crippen LogP contribution in [0.1, 0.15) is 5.56 Å². The molecule has 4 heterocycles. The number of furan rings is 2. The van der Waals surface area contributed by atoms with Gasteiger partial charge in [-0.3, -0.25) is 0 Å². The summed E-state index contributed by atoms with van der Waals surface area (Å²) in [5.41, 5.74) is 11.6. The van der Waals surface area contributed by atoms with Crippen LogP contribution in [0.5, 0.6) is 0 Å². The number of hydrogen-bond acceptors (Lipinski definition) is 3. The largest absolute Gasteiger partial charge is 0.456 e. The normalized spacial score (nSPS) is 11.9. The van der Waals surface area contributed by atoms with E-state index in [2.05, 4.69) is 98.9 Å². The first-order valence-corrected chi connectivity index (χ1v) is 18.4. The summed E-state index contributed by atoms with van der Waals surface area (Å²) in [6.45, 7) is 8.26. The van der Waals surface area contributed by atoms with E-state index in [0.29, 0.717) is 22.4 Å². The van der Waals surface area contributed by atoms with Crippen molar-refractivity contribution in [3.8, 4) is 28.6 Å². The van der Waals surface area contributed by atoms with Crippen LogP contribution in [0.15, 0.2) is 167 Å². The molecule has 0 bridgehead atoms. The van der Waals surface area contributed by atoms with Crippen molar-refractivity contribution in [2.75, 3.05) is 0 Å². The Balaban J connectivity index is 1.11. The number of nitriles is 1. The molecule has 0 fully saturated rings. The highest BCUT2D eigenvalue weighted by Crippen LogP contribution is 2.44. The molecule has 0 atom stereocenters. The first kappa shape index (κ1) is 30.4. The topological polar surface area (TPSA) is 64.3 Å². The molecule has 0 N–H and O–H groups in total. The molecule has 0 unspecified atom stereocenters. The van der Waals surface area contributed by atoms with Gasteiger partial charge in [-0.15, -0.1) is 0 Å². The Morgan fingerprint density at radius 2 is 1.05 bits per heavy atom. The predicted octanol–water partition coefficient (Wildman–Crippen LogP) is 13.8. The molecule has 0 saturated carbocycles. The van der Waals surface area contributed by atoms with E-state index in [4.69, 9.17) is 15.4 Å². The molecule has 12 aromatic rings. The number of para-hydroxylation sites is 4. The van der Waals surface area contributed by atoms with Crippen molar-refractivity contribution in [1.29, 1.82) is 5.26 Å². The van der Waals surface area contributed by atoms with Crippen molar-refractivity contribution in [3.05, 3.63) is 175 Å². The molecule has 258 valence electrons. The highest BCUT2D eigenvalue weighted by atomic mass is 16.3. The van der Waals surface area contributed by atoms with Crippen LogP contribution in [0.25, 0.3) is 115 Å². The molecule has 0 spiro atoms. The van der Waals surface area contributed by atoms with Gasteiger partial charge in [-0.1, -0.05) is 78.9 Å². The molecule has 12 rings (SSSR count). The van der Waals surface area contributed by atoms with E-state index in [9.17, 15) is 5.26 Å². The zero-order valence-electron chi connectivity index (χ0n) is 29.6. The highest BCUT2D eigenvalue weighted by Gasteiger charge is 2.22. The Kier molecular flexibility index (Phi) is 6.10. The Morgan fingerprint density at radius 1 is 0.464 bits per heavy atom. The summed E-state index contributed by atoms with van der Waals surface area (Å²) in [6.07, 6.45) is 0. The Labute approximate surface area is 318 Å². The lowest BCUT2D eigenvalue weighted by Crippen LogP contribution is -1.98. The highest BCUT2D eigenvalue weighted by molar-refractivity contribution is 6.27. The minimum absolute atomic E-state index is 0.470. The third-order valence-corrected chi connectivity index (χ3v) is 11.4. The van der Waals surface area contributed by atoms with Crippen molar-refractivity contribution in [1.82, 2.24) is 9.13 Å². The van der Waals surface area contributed by atoms with Gasteiger partial charge in [0.05, 0.1) is 45.7 Å². The Morgan fingerprint density at radius 3 is 1.79 bits per heavy atom. The SMILES string of the molecule is [C-]#[N+]c1ccc(-n2c3ccccc3c3c4c(ccc32)oc2ccccc24)cc1-c1cc(-n2c3ccccc3c3c4oc5ccccc5c4ccc32)ccc1C#N. The second-order valence-corrected chi connectivity index (χ2v) is 14.2. The lowest BCUT2D eigenvalue weighted by Gasteiger charge is -2.15. The smallest absolute Gasteiger partial charge is 0.195 e. The van der Waals surface area contributed by atoms with E-state index < -0.39 is 0 Å². The monoisotopic (exact) mass is 714 g/mol. The number of rotatable bonds is 3. The lowest BCUT2D eigenvalue weighted by molar-refractivity contribution is 0.669. The number of benzene rings is 8. The summed E-state index contributed by atoms with van der Waals surface area (Å²) < 4.78 is 17.3. The van der Waals surface area contributed by atoms with Crippen LogP contribution in [0, 0.1) is 17.9 Å². The molecule has 0 aliphatic heterocycles. The van der Waals surface area contributed by atoms with E-state index in [1.807, 2.05) is 78.9 Å². The van der Waals surface area contributed by atoms with Gasteiger partial charge >= 0.3 is 0 Å². The molecule has 6 heteroatoms. The maximum absolute atomic E-state index is 10.5. The second-order valence-electron chi connectivity index (χ2n) is 14.2. The third kappa shape index (κ3) is 4.02. The molecule has 0 saturated heterocycles. The molecule has 0 radical (unpaired) electrons. The van der Waals surface area contributed by atoms with Crippen LogP contribution in [0.3, 0.4) is 0 Å². The zero-order valence-corrected chi connectivity index (χ0v) is 29.6. The summed E-state index contributed by atoms with van der Waals surface area (Å²) in [5.74, 6) is 0. The second kappa shape index (κ2) is 11.2. The van der Waals surface area contributed by atoms with Crippen LogP contribution in [-0.4, -0.2) is 9.13 Å². The summed E-state index contributed by atoms with van der Waals surface area (Å²) in [7, 11) is 0. The minimum atomic E-state index is 0.470. The molecule has 6 nitrogen and oxygen atoms in total. The van der Waals surface area contributed by atoms with Crippen LogP contribution < -0.4 is 0 Å². The first-order valence-electron chi connectivity index (χ1n) is 18.4. The van der Waals surface area contributed by atoms with Crippen molar-refractivity contribution < 1.29 is 8.83 Å². The fourth-order valence-electron chi connectivity index (χ4n) is 9.03. The number of hydrogen-bond donors (Lipinski definition) is 0. The van der Waals surface area contributed by atoms with Gasteiger partial charge in [0.25, 0.3) is 0 Å². The van der Waals surface area contributed by atoms with E-state index in [1.165, 1.54) is 0 Å². The van der Waals surface area contributed by atoms with Gasteiger partial charge in [-0.2, -0.15) is 5.26 Å². The van der Waals surface area contributed by atoms with Gasteiger partial charge in [0.1, 0.15) is 22.3 Å². The van der Waals surface area contributed by atoms with E-state index in [0.717, 1.165) is 98.9 Å². The minimum Gasteiger partial charge on any atom is -0.456 e. The molecular formula is C50H26N4O2. The van der Waals surface area contributed by atoms with E-state index in [1.54, 1.807) is 0 Å². The fraction of sp³-hybridized carbons (Fsp3) is 0.